The Labute approximate surface area is 113 Å². The molecule has 19 heavy (non-hydrogen) atoms. The van der Waals surface area contributed by atoms with Crippen molar-refractivity contribution in [2.75, 3.05) is 0 Å². The lowest BCUT2D eigenvalue weighted by Gasteiger charge is -2.19. The number of carbonyl (C=O) groups is 1. The maximum Gasteiger partial charge on any atom is 0.407 e. The van der Waals surface area contributed by atoms with Gasteiger partial charge in [0.05, 0.1) is 0 Å². The molecule has 1 N–H and O–H groups in total. The number of fused-ring (bicyclic) bond motifs is 1. The van der Waals surface area contributed by atoms with Gasteiger partial charge in [-0.2, -0.15) is 0 Å². The van der Waals surface area contributed by atoms with E-state index in [-0.39, 0.29) is 0 Å². The molecule has 0 radical (unpaired) electrons. The average molecular weight is 257 g/mol. The Bertz CT molecular complexity index is 543. The Kier molecular flexibility index (Phi) is 3.74. The number of hydrogen-bond donors (Lipinski definition) is 1. The first-order valence-electron chi connectivity index (χ1n) is 6.38. The molecule has 0 saturated heterocycles. The smallest absolute Gasteiger partial charge is 0.407 e. The Morgan fingerprint density at radius 2 is 1.74 bits per heavy atom. The molecule has 3 heteroatoms. The molecule has 0 bridgehead atoms. The van der Waals surface area contributed by atoms with E-state index in [0.29, 0.717) is 6.54 Å². The monoisotopic (exact) mass is 257 g/mol. The summed E-state index contributed by atoms with van der Waals surface area (Å²) >= 11 is 0. The van der Waals surface area contributed by atoms with E-state index in [2.05, 4.69) is 29.6 Å². The maximum atomic E-state index is 11.6. The molecular weight excluding hydrogens is 238 g/mol. The lowest BCUT2D eigenvalue weighted by Crippen LogP contribution is -2.32. The summed E-state index contributed by atoms with van der Waals surface area (Å²) < 4.78 is 5.21. The van der Waals surface area contributed by atoms with Crippen molar-refractivity contribution in [2.24, 2.45) is 0 Å². The van der Waals surface area contributed by atoms with Crippen molar-refractivity contribution in [3.05, 3.63) is 48.0 Å². The molecule has 100 valence electrons. The molecule has 0 atom stereocenters. The minimum atomic E-state index is -0.468. The summed E-state index contributed by atoms with van der Waals surface area (Å²) in [6.07, 6.45) is -0.391. The van der Waals surface area contributed by atoms with E-state index in [1.165, 1.54) is 11.1 Å². The normalized spacial score (nSPS) is 11.3. The summed E-state index contributed by atoms with van der Waals surface area (Å²) in [6, 6.07) is 14.3. The van der Waals surface area contributed by atoms with Gasteiger partial charge < -0.3 is 10.1 Å². The molecule has 0 heterocycles. The summed E-state index contributed by atoms with van der Waals surface area (Å²) in [5, 5.41) is 2.77. The molecule has 0 spiro atoms. The van der Waals surface area contributed by atoms with Crippen LogP contribution in [0.25, 0.3) is 11.1 Å². The van der Waals surface area contributed by atoms with Crippen molar-refractivity contribution in [3.63, 3.8) is 0 Å². The van der Waals surface area contributed by atoms with Gasteiger partial charge in [0, 0.05) is 6.54 Å². The van der Waals surface area contributed by atoms with Crippen LogP contribution in [0.3, 0.4) is 0 Å². The Morgan fingerprint density at radius 3 is 2.42 bits per heavy atom. The van der Waals surface area contributed by atoms with E-state index in [0.717, 1.165) is 5.56 Å². The third kappa shape index (κ3) is 3.98. The van der Waals surface area contributed by atoms with Gasteiger partial charge in [0.25, 0.3) is 0 Å². The highest BCUT2D eigenvalue weighted by atomic mass is 16.6. The highest BCUT2D eigenvalue weighted by Gasteiger charge is 2.15. The predicted octanol–water partition coefficient (Wildman–Crippen LogP) is 3.82. The van der Waals surface area contributed by atoms with Crippen molar-refractivity contribution < 1.29 is 9.53 Å². The predicted molar refractivity (Wildman–Crippen MR) is 76.1 cm³/mol. The van der Waals surface area contributed by atoms with Crippen LogP contribution in [0.2, 0.25) is 0 Å². The number of ether oxygens (including phenoxy) is 1. The van der Waals surface area contributed by atoms with E-state index in [9.17, 15) is 4.79 Å². The first-order valence-corrected chi connectivity index (χ1v) is 6.38. The van der Waals surface area contributed by atoms with Gasteiger partial charge in [-0.15, -0.1) is 0 Å². The molecule has 2 rings (SSSR count). The van der Waals surface area contributed by atoms with E-state index in [4.69, 9.17) is 4.74 Å². The quantitative estimate of drug-likeness (QED) is 0.888. The molecule has 0 unspecified atom stereocenters. The minimum Gasteiger partial charge on any atom is -0.444 e. The number of alkyl carbamates (subject to hydrolysis) is 1. The van der Waals surface area contributed by atoms with Gasteiger partial charge in [0.15, 0.2) is 0 Å². The fourth-order valence-electron chi connectivity index (χ4n) is 1.85. The van der Waals surface area contributed by atoms with Gasteiger partial charge in [-0.05, 0) is 43.5 Å². The van der Waals surface area contributed by atoms with Gasteiger partial charge in [-0.25, -0.2) is 4.79 Å². The van der Waals surface area contributed by atoms with E-state index in [1.54, 1.807) is 0 Å². The summed E-state index contributed by atoms with van der Waals surface area (Å²) in [4.78, 5) is 11.6. The summed E-state index contributed by atoms with van der Waals surface area (Å²) in [6.45, 7) is 6.01. The summed E-state index contributed by atoms with van der Waals surface area (Å²) in [5.74, 6) is 0. The Morgan fingerprint density at radius 1 is 1.11 bits per heavy atom. The van der Waals surface area contributed by atoms with Crippen LogP contribution in [-0.2, 0) is 11.3 Å². The van der Waals surface area contributed by atoms with Crippen molar-refractivity contribution in [1.29, 1.82) is 0 Å². The average Bonchev–Trinajstić information content (AvgIpc) is 2.63. The van der Waals surface area contributed by atoms with Crippen LogP contribution in [0.4, 0.5) is 4.79 Å². The molecule has 0 fully saturated rings. The third-order valence-electron chi connectivity index (χ3n) is 2.65. The van der Waals surface area contributed by atoms with Crippen molar-refractivity contribution in [2.45, 2.75) is 32.9 Å². The van der Waals surface area contributed by atoms with Gasteiger partial charge in [-0.1, -0.05) is 36.4 Å². The minimum absolute atomic E-state index is 0.391. The standard InChI is InChI=1S/C16H19NO2/c1-16(2,3)19-15(18)17-11-12-6-4-7-13-8-5-9-14(13)10-12/h4-10H,11H2,1-3H3,(H,17,18). The molecule has 2 aliphatic rings. The number of hydrogen-bond acceptors (Lipinski definition) is 2. The highest BCUT2D eigenvalue weighted by molar-refractivity contribution is 5.68. The van der Waals surface area contributed by atoms with E-state index >= 15 is 0 Å². The van der Waals surface area contributed by atoms with Crippen LogP contribution in [-0.4, -0.2) is 11.7 Å². The van der Waals surface area contributed by atoms with E-state index in [1.807, 2.05) is 39.0 Å². The Hall–Kier alpha value is -2.03. The Balaban J connectivity index is 2.00. The zero-order chi connectivity index (χ0) is 13.9. The first-order chi connectivity index (χ1) is 8.94. The van der Waals surface area contributed by atoms with Crippen molar-refractivity contribution in [3.8, 4) is 11.1 Å². The first kappa shape index (κ1) is 13.4. The topological polar surface area (TPSA) is 38.3 Å². The van der Waals surface area contributed by atoms with Crippen molar-refractivity contribution in [1.82, 2.24) is 5.32 Å². The van der Waals surface area contributed by atoms with Gasteiger partial charge in [0.2, 0.25) is 0 Å². The van der Waals surface area contributed by atoms with Gasteiger partial charge >= 0.3 is 6.09 Å². The number of amides is 1. The second kappa shape index (κ2) is 5.31. The molecule has 0 aromatic heterocycles. The van der Waals surface area contributed by atoms with Crippen LogP contribution >= 0.6 is 0 Å². The molecule has 3 nitrogen and oxygen atoms in total. The SMILES string of the molecule is CC(C)(C)OC(=O)NCc1cccc2cccc-2c1. The number of nitrogens with one attached hydrogen (secondary N) is 1. The molecule has 0 aromatic rings. The fraction of sp³-hybridized carbons (Fsp3) is 0.312. The molecule has 0 aliphatic heterocycles. The molecule has 0 saturated carbocycles. The summed E-state index contributed by atoms with van der Waals surface area (Å²) in [7, 11) is 0. The number of carbonyl (C=O) groups excluding carboxylic acids is 1. The van der Waals surface area contributed by atoms with Crippen LogP contribution < -0.4 is 5.32 Å². The second-order valence-electron chi connectivity index (χ2n) is 5.54. The highest BCUT2D eigenvalue weighted by Crippen LogP contribution is 2.22. The van der Waals surface area contributed by atoms with Gasteiger partial charge in [0.1, 0.15) is 5.60 Å². The largest absolute Gasteiger partial charge is 0.444 e. The molecular formula is C16H19NO2. The number of rotatable bonds is 2. The lowest BCUT2D eigenvalue weighted by atomic mass is 10.2. The van der Waals surface area contributed by atoms with Crippen molar-refractivity contribution >= 4 is 6.09 Å². The fourth-order valence-corrected chi connectivity index (χ4v) is 1.85. The molecule has 2 aliphatic carbocycles. The zero-order valence-corrected chi connectivity index (χ0v) is 11.6. The molecule has 1 amide bonds. The summed E-state index contributed by atoms with van der Waals surface area (Å²) in [5.41, 5.74) is 2.95. The van der Waals surface area contributed by atoms with Crippen LogP contribution in [0, 0.1) is 0 Å². The van der Waals surface area contributed by atoms with Gasteiger partial charge in [-0.3, -0.25) is 0 Å². The maximum absolute atomic E-state index is 11.6. The lowest BCUT2D eigenvalue weighted by molar-refractivity contribution is 0.0523. The van der Waals surface area contributed by atoms with Crippen LogP contribution in [0.1, 0.15) is 26.3 Å². The van der Waals surface area contributed by atoms with Crippen LogP contribution in [0.5, 0.6) is 0 Å². The second-order valence-corrected chi connectivity index (χ2v) is 5.54. The zero-order valence-electron chi connectivity index (χ0n) is 11.6. The van der Waals surface area contributed by atoms with Crippen LogP contribution in [0.15, 0.2) is 42.5 Å². The third-order valence-corrected chi connectivity index (χ3v) is 2.65. The molecule has 0 aromatic carbocycles. The van der Waals surface area contributed by atoms with E-state index < -0.39 is 11.7 Å².